The molecule has 9 rings (SSSR count). The molecular weight excluding hydrogens is 747 g/mol. The van der Waals surface area contributed by atoms with Gasteiger partial charge in [-0.3, -0.25) is 0 Å². The van der Waals surface area contributed by atoms with Gasteiger partial charge in [0, 0.05) is 33.2 Å². The summed E-state index contributed by atoms with van der Waals surface area (Å²) in [5, 5.41) is 1.92. The van der Waals surface area contributed by atoms with Gasteiger partial charge < -0.3 is 4.57 Å². The molecule has 0 aliphatic carbocycles. The van der Waals surface area contributed by atoms with Crippen LogP contribution >= 0.6 is 0 Å². The Balaban J connectivity index is 1.33. The van der Waals surface area contributed by atoms with E-state index in [9.17, 15) is 26.3 Å². The van der Waals surface area contributed by atoms with Gasteiger partial charge in [-0.2, -0.15) is 26.3 Å². The number of nitrogens with zero attached hydrogens (tertiary/aromatic N) is 4. The maximum atomic E-state index is 14.3. The SMILES string of the molecule is Cc1ccc(-c2ccc3c(c2)c2ccccc2n3-c2ccc(-c3cc(C(F)(F)F)cc(C(F)(F)F)c3)c(-c3nc(-c4ccccc4)nc(-c4ccccc4)n3)c2)cc1. The van der Waals surface area contributed by atoms with Crippen molar-refractivity contribution in [2.24, 2.45) is 0 Å². The molecule has 7 aromatic carbocycles. The summed E-state index contributed by atoms with van der Waals surface area (Å²) in [5.74, 6) is 0.626. The lowest BCUT2D eigenvalue weighted by Crippen LogP contribution is -2.11. The number of para-hydroxylation sites is 1. The van der Waals surface area contributed by atoms with E-state index in [4.69, 9.17) is 15.0 Å². The molecule has 10 heteroatoms. The van der Waals surface area contributed by atoms with Crippen molar-refractivity contribution in [2.45, 2.75) is 19.3 Å². The molecule has 0 aliphatic rings. The highest BCUT2D eigenvalue weighted by Crippen LogP contribution is 2.43. The number of halogens is 6. The summed E-state index contributed by atoms with van der Waals surface area (Å²) in [7, 11) is 0. The maximum Gasteiger partial charge on any atom is 0.416 e. The van der Waals surface area contributed by atoms with Crippen molar-refractivity contribution in [1.29, 1.82) is 0 Å². The minimum absolute atomic E-state index is 0.0675. The minimum Gasteiger partial charge on any atom is -0.309 e. The molecule has 0 bridgehead atoms. The first-order valence-corrected chi connectivity index (χ1v) is 18.3. The molecular formula is C48H30F6N4. The normalized spacial score (nSPS) is 12.1. The number of benzene rings is 7. The molecule has 284 valence electrons. The van der Waals surface area contributed by atoms with Gasteiger partial charge >= 0.3 is 12.4 Å². The molecule has 2 heterocycles. The van der Waals surface area contributed by atoms with E-state index in [0.717, 1.165) is 50.6 Å². The predicted molar refractivity (Wildman–Crippen MR) is 216 cm³/mol. The fourth-order valence-corrected chi connectivity index (χ4v) is 7.32. The van der Waals surface area contributed by atoms with Crippen molar-refractivity contribution in [3.05, 3.63) is 180 Å². The van der Waals surface area contributed by atoms with Crippen molar-refractivity contribution in [3.63, 3.8) is 0 Å². The second-order valence-corrected chi connectivity index (χ2v) is 14.0. The lowest BCUT2D eigenvalue weighted by molar-refractivity contribution is -0.143. The minimum atomic E-state index is -5.05. The van der Waals surface area contributed by atoms with Crippen molar-refractivity contribution < 1.29 is 26.3 Å². The van der Waals surface area contributed by atoms with Gasteiger partial charge in [0.1, 0.15) is 0 Å². The van der Waals surface area contributed by atoms with Crippen LogP contribution in [-0.4, -0.2) is 19.5 Å². The van der Waals surface area contributed by atoms with Crippen LogP contribution in [0.4, 0.5) is 26.3 Å². The molecule has 0 unspecified atom stereocenters. The van der Waals surface area contributed by atoms with E-state index in [0.29, 0.717) is 16.8 Å². The fraction of sp³-hybridized carbons (Fsp3) is 0.0625. The molecule has 0 N–H and O–H groups in total. The quantitative estimate of drug-likeness (QED) is 0.158. The molecule has 0 saturated heterocycles. The Morgan fingerprint density at radius 3 is 1.53 bits per heavy atom. The molecule has 0 amide bonds. The van der Waals surface area contributed by atoms with E-state index >= 15 is 0 Å². The highest BCUT2D eigenvalue weighted by Gasteiger charge is 2.37. The van der Waals surface area contributed by atoms with E-state index < -0.39 is 23.5 Å². The second kappa shape index (κ2) is 14.1. The average molecular weight is 777 g/mol. The van der Waals surface area contributed by atoms with Crippen molar-refractivity contribution in [2.75, 3.05) is 0 Å². The number of hydrogen-bond acceptors (Lipinski definition) is 3. The van der Waals surface area contributed by atoms with Crippen LogP contribution in [0.25, 0.3) is 83.9 Å². The summed E-state index contributed by atoms with van der Waals surface area (Å²) in [6.07, 6.45) is -10.1. The van der Waals surface area contributed by atoms with E-state index in [-0.39, 0.29) is 40.2 Å². The number of aryl methyl sites for hydroxylation is 1. The largest absolute Gasteiger partial charge is 0.416 e. The molecule has 0 spiro atoms. The van der Waals surface area contributed by atoms with Crippen molar-refractivity contribution in [3.8, 4) is 62.1 Å². The summed E-state index contributed by atoms with van der Waals surface area (Å²) in [4.78, 5) is 14.5. The Morgan fingerprint density at radius 2 is 0.931 bits per heavy atom. The first-order chi connectivity index (χ1) is 27.9. The smallest absolute Gasteiger partial charge is 0.309 e. The van der Waals surface area contributed by atoms with Gasteiger partial charge in [-0.15, -0.1) is 0 Å². The maximum absolute atomic E-state index is 14.3. The van der Waals surface area contributed by atoms with E-state index in [1.165, 1.54) is 6.07 Å². The Labute approximate surface area is 328 Å². The van der Waals surface area contributed by atoms with Gasteiger partial charge in [0.25, 0.3) is 0 Å². The van der Waals surface area contributed by atoms with Crippen LogP contribution in [0.2, 0.25) is 0 Å². The van der Waals surface area contributed by atoms with E-state index in [1.54, 1.807) is 12.1 Å². The van der Waals surface area contributed by atoms with Gasteiger partial charge in [-0.05, 0) is 77.7 Å². The van der Waals surface area contributed by atoms with E-state index in [1.807, 2.05) is 109 Å². The fourth-order valence-electron chi connectivity index (χ4n) is 7.32. The zero-order valence-corrected chi connectivity index (χ0v) is 30.6. The summed E-state index contributed by atoms with van der Waals surface area (Å²) >= 11 is 0. The van der Waals surface area contributed by atoms with Crippen LogP contribution < -0.4 is 0 Å². The number of fused-ring (bicyclic) bond motifs is 3. The Hall–Kier alpha value is -7.07. The van der Waals surface area contributed by atoms with Crippen LogP contribution in [0.15, 0.2) is 164 Å². The Kier molecular flexibility index (Phi) is 8.92. The van der Waals surface area contributed by atoms with Crippen LogP contribution in [0.1, 0.15) is 16.7 Å². The average Bonchev–Trinajstić information content (AvgIpc) is 3.57. The molecule has 0 fully saturated rings. The van der Waals surface area contributed by atoms with Gasteiger partial charge in [0.05, 0.1) is 22.2 Å². The molecule has 0 saturated carbocycles. The number of hydrogen-bond donors (Lipinski definition) is 0. The third-order valence-corrected chi connectivity index (χ3v) is 10.2. The number of alkyl halides is 6. The van der Waals surface area contributed by atoms with Gasteiger partial charge in [0.2, 0.25) is 0 Å². The monoisotopic (exact) mass is 776 g/mol. The summed E-state index contributed by atoms with van der Waals surface area (Å²) < 4.78 is 87.6. The van der Waals surface area contributed by atoms with Crippen LogP contribution in [0.5, 0.6) is 0 Å². The van der Waals surface area contributed by atoms with Gasteiger partial charge in [-0.1, -0.05) is 121 Å². The zero-order valence-electron chi connectivity index (χ0n) is 30.6. The molecule has 0 atom stereocenters. The van der Waals surface area contributed by atoms with Gasteiger partial charge in [-0.25, -0.2) is 15.0 Å². The summed E-state index contributed by atoms with van der Waals surface area (Å²) in [5.41, 5.74) is 3.93. The predicted octanol–water partition coefficient (Wildman–Crippen LogP) is 13.6. The first kappa shape index (κ1) is 36.6. The van der Waals surface area contributed by atoms with Crippen LogP contribution in [-0.2, 0) is 12.4 Å². The van der Waals surface area contributed by atoms with Crippen LogP contribution in [0, 0.1) is 6.92 Å². The molecule has 4 nitrogen and oxygen atoms in total. The summed E-state index contributed by atoms with van der Waals surface area (Å²) in [6, 6.07) is 47.1. The highest BCUT2D eigenvalue weighted by atomic mass is 19.4. The topological polar surface area (TPSA) is 43.6 Å². The van der Waals surface area contributed by atoms with E-state index in [2.05, 4.69) is 30.3 Å². The van der Waals surface area contributed by atoms with Crippen molar-refractivity contribution >= 4 is 21.8 Å². The Bertz CT molecular complexity index is 2880. The highest BCUT2D eigenvalue weighted by molar-refractivity contribution is 6.10. The zero-order chi connectivity index (χ0) is 40.2. The standard InChI is InChI=1S/C48H30F6N4/c1-29-16-18-30(19-17-29)33-20-23-43-40(26-33)39-14-8-9-15-42(39)58(43)37-21-22-38(34-24-35(47(49,50)51)27-36(25-34)48(52,53)54)41(28-37)46-56-44(31-10-4-2-5-11-31)55-45(57-46)32-12-6-3-7-13-32/h2-28H,1H3. The molecule has 9 aromatic rings. The molecule has 58 heavy (non-hydrogen) atoms. The Morgan fingerprint density at radius 1 is 0.397 bits per heavy atom. The lowest BCUT2D eigenvalue weighted by Gasteiger charge is -2.18. The third-order valence-electron chi connectivity index (χ3n) is 10.2. The third kappa shape index (κ3) is 6.87. The second-order valence-electron chi connectivity index (χ2n) is 14.0. The molecule has 2 aromatic heterocycles. The van der Waals surface area contributed by atoms with Gasteiger partial charge in [0.15, 0.2) is 17.5 Å². The van der Waals surface area contributed by atoms with Crippen LogP contribution in [0.3, 0.4) is 0 Å². The number of rotatable bonds is 6. The molecule has 0 radical (unpaired) electrons. The van der Waals surface area contributed by atoms with Crippen molar-refractivity contribution in [1.82, 2.24) is 19.5 Å². The summed E-state index contributed by atoms with van der Waals surface area (Å²) in [6.45, 7) is 2.03. The number of aromatic nitrogens is 4. The first-order valence-electron chi connectivity index (χ1n) is 18.3. The lowest BCUT2D eigenvalue weighted by atomic mass is 9.94. The molecule has 0 aliphatic heterocycles.